The first-order valence-corrected chi connectivity index (χ1v) is 29.6. The molecule has 14 rings (SSSR count). The van der Waals surface area contributed by atoms with Gasteiger partial charge in [-0.25, -0.2) is 0 Å². The predicted octanol–water partition coefficient (Wildman–Crippen LogP) is 14.2. The maximum absolute atomic E-state index is 2.95. The second-order valence-corrected chi connectivity index (χ2v) is 28.6. The van der Waals surface area contributed by atoms with E-state index in [2.05, 4.69) is 238 Å². The van der Waals surface area contributed by atoms with E-state index in [1.54, 1.807) is 10.8 Å². The fourth-order valence-electron chi connectivity index (χ4n) is 15.1. The van der Waals surface area contributed by atoms with Crippen LogP contribution in [0.25, 0.3) is 22.3 Å². The third kappa shape index (κ3) is 5.42. The number of nitrogens with zero attached hydrogens (tertiary/aromatic N) is 3. The second kappa shape index (κ2) is 14.5. The van der Waals surface area contributed by atoms with Crippen molar-refractivity contribution >= 4 is 76.2 Å². The maximum atomic E-state index is 2.95. The Morgan fingerprint density at radius 1 is 0.457 bits per heavy atom. The highest BCUT2D eigenvalue weighted by atomic mass is 28.3. The van der Waals surface area contributed by atoms with Crippen LogP contribution >= 0.6 is 0 Å². The second-order valence-electron chi connectivity index (χ2n) is 23.5. The number of fused-ring (bicyclic) bond motifs is 12. The number of hydrogen-bond acceptors (Lipinski definition) is 3. The van der Waals surface area contributed by atoms with E-state index in [1.165, 1.54) is 121 Å². The molecule has 0 amide bonds. The summed E-state index contributed by atoms with van der Waals surface area (Å²) in [6.45, 7) is 18.2. The highest BCUT2D eigenvalue weighted by Gasteiger charge is 2.63. The molecule has 4 aliphatic heterocycles. The first-order chi connectivity index (χ1) is 33.8. The molecule has 1 saturated carbocycles. The van der Waals surface area contributed by atoms with Gasteiger partial charge in [-0.3, -0.25) is 0 Å². The van der Waals surface area contributed by atoms with Gasteiger partial charge in [-0.05, 0) is 137 Å². The molecule has 0 bridgehead atoms. The van der Waals surface area contributed by atoms with Crippen LogP contribution in [0.4, 0.5) is 39.8 Å². The zero-order valence-electron chi connectivity index (χ0n) is 41.9. The van der Waals surface area contributed by atoms with Crippen LogP contribution < -0.4 is 36.3 Å². The van der Waals surface area contributed by atoms with Crippen molar-refractivity contribution in [3.63, 3.8) is 0 Å². The molecule has 3 nitrogen and oxygen atoms in total. The highest BCUT2D eigenvalue weighted by Crippen LogP contribution is 2.66. The molecule has 4 heterocycles. The molecule has 344 valence electrons. The SMILES string of the molecule is CC12CCCCC1(C)N1c3cc(N4c5ccccc5C5(C)CCc6ccccc6C45C)cc4c3B(c3ccc(-c5ccccc5)cc3N4c3cccc(-c4ccccc4)c3)c3cc([Si](C)(C)C)cc2c31. The van der Waals surface area contributed by atoms with Crippen molar-refractivity contribution in [1.29, 1.82) is 0 Å². The Balaban J connectivity index is 1.13. The highest BCUT2D eigenvalue weighted by molar-refractivity contribution is 7.01. The van der Waals surface area contributed by atoms with Crippen molar-refractivity contribution in [2.24, 2.45) is 0 Å². The molecule has 0 saturated heterocycles. The van der Waals surface area contributed by atoms with Crippen molar-refractivity contribution in [3.8, 4) is 22.3 Å². The van der Waals surface area contributed by atoms with Crippen LogP contribution in [0.1, 0.15) is 82.1 Å². The van der Waals surface area contributed by atoms with E-state index in [-0.39, 0.29) is 28.6 Å². The Morgan fingerprint density at radius 2 is 1.11 bits per heavy atom. The zero-order chi connectivity index (χ0) is 47.5. The quantitative estimate of drug-likeness (QED) is 0.159. The standard InChI is InChI=1S/C65H62BN3Si/c1-62-34-18-19-35-64(62,3)69-59-40-49(68-56-30-17-16-29-52(56)63(2)36-33-45-25-14-15-28-51(45)65(63,68)4)39-58-60(59)66(55-42-50(70(5,6)7)41-53(62)61(55)69)54-32-31-47(44-23-12-9-13-24-44)38-57(54)67(58)48-27-20-26-46(37-48)43-21-10-8-11-22-43/h8-17,20-32,37-42H,18-19,33-36H2,1-7H3. The lowest BCUT2D eigenvalue weighted by molar-refractivity contribution is 0.195. The van der Waals surface area contributed by atoms with Crippen LogP contribution in [0.3, 0.4) is 0 Å². The first-order valence-electron chi connectivity index (χ1n) is 26.1. The fourth-order valence-corrected chi connectivity index (χ4v) is 16.3. The van der Waals surface area contributed by atoms with Crippen molar-refractivity contribution in [2.75, 3.05) is 14.7 Å². The summed E-state index contributed by atoms with van der Waals surface area (Å²) in [6, 6.07) is 68.3. The van der Waals surface area contributed by atoms with Crippen molar-refractivity contribution in [3.05, 3.63) is 198 Å². The number of benzene rings is 8. The summed E-state index contributed by atoms with van der Waals surface area (Å²) in [5.74, 6) is 0. The fraction of sp³-hybridized carbons (Fsp3) is 0.262. The Morgan fingerprint density at radius 3 is 1.87 bits per heavy atom. The Labute approximate surface area is 416 Å². The molecule has 2 aliphatic carbocycles. The molecule has 8 aromatic rings. The molecule has 0 spiro atoms. The van der Waals surface area contributed by atoms with Crippen LogP contribution in [0, 0.1) is 0 Å². The van der Waals surface area contributed by atoms with E-state index in [9.17, 15) is 0 Å². The molecule has 4 unspecified atom stereocenters. The largest absolute Gasteiger partial charge is 0.335 e. The topological polar surface area (TPSA) is 9.72 Å². The van der Waals surface area contributed by atoms with Gasteiger partial charge >= 0.3 is 0 Å². The van der Waals surface area contributed by atoms with Crippen LogP contribution in [0.15, 0.2) is 176 Å². The van der Waals surface area contributed by atoms with Gasteiger partial charge < -0.3 is 14.7 Å². The third-order valence-electron chi connectivity index (χ3n) is 19.2. The van der Waals surface area contributed by atoms with Gasteiger partial charge in [0, 0.05) is 50.6 Å². The maximum Gasteiger partial charge on any atom is 0.252 e. The Kier molecular flexibility index (Phi) is 8.78. The molecule has 8 aromatic carbocycles. The zero-order valence-corrected chi connectivity index (χ0v) is 42.9. The molecule has 1 fully saturated rings. The molecular weight excluding hydrogens is 862 g/mol. The molecule has 70 heavy (non-hydrogen) atoms. The van der Waals surface area contributed by atoms with Gasteiger partial charge in [0.1, 0.15) is 0 Å². The van der Waals surface area contributed by atoms with E-state index in [0.717, 1.165) is 12.8 Å². The molecular formula is C65H62BN3Si. The van der Waals surface area contributed by atoms with Crippen molar-refractivity contribution in [2.45, 2.75) is 108 Å². The lowest BCUT2D eigenvalue weighted by atomic mass is 9.33. The van der Waals surface area contributed by atoms with Gasteiger partial charge in [-0.1, -0.05) is 191 Å². The third-order valence-corrected chi connectivity index (χ3v) is 21.2. The average Bonchev–Trinajstić information content (AvgIpc) is 3.73. The lowest BCUT2D eigenvalue weighted by Gasteiger charge is -2.54. The number of hydrogen-bond donors (Lipinski definition) is 0. The average molecular weight is 924 g/mol. The van der Waals surface area contributed by atoms with Crippen LogP contribution in [0.2, 0.25) is 19.6 Å². The number of rotatable bonds is 5. The molecule has 4 atom stereocenters. The number of anilines is 7. The predicted molar refractivity (Wildman–Crippen MR) is 300 cm³/mol. The molecule has 0 radical (unpaired) electrons. The molecule has 5 heteroatoms. The number of aryl methyl sites for hydroxylation is 1. The Hall–Kier alpha value is -6.56. The summed E-state index contributed by atoms with van der Waals surface area (Å²) in [4.78, 5) is 8.44. The minimum Gasteiger partial charge on any atom is -0.335 e. The van der Waals surface area contributed by atoms with E-state index >= 15 is 0 Å². The normalized spacial score (nSPS) is 24.3. The minimum atomic E-state index is -1.77. The van der Waals surface area contributed by atoms with Gasteiger partial charge in [0.15, 0.2) is 0 Å². The lowest BCUT2D eigenvalue weighted by Crippen LogP contribution is -2.65. The Bertz CT molecular complexity index is 3490. The van der Waals surface area contributed by atoms with Crippen LogP contribution in [-0.2, 0) is 22.8 Å². The van der Waals surface area contributed by atoms with Gasteiger partial charge in [0.05, 0.1) is 19.2 Å². The van der Waals surface area contributed by atoms with E-state index in [0.29, 0.717) is 0 Å². The van der Waals surface area contributed by atoms with E-state index in [4.69, 9.17) is 0 Å². The monoisotopic (exact) mass is 923 g/mol. The van der Waals surface area contributed by atoms with E-state index < -0.39 is 8.07 Å². The summed E-state index contributed by atoms with van der Waals surface area (Å²) in [5, 5.41) is 1.58. The van der Waals surface area contributed by atoms with Crippen molar-refractivity contribution in [1.82, 2.24) is 0 Å². The van der Waals surface area contributed by atoms with Gasteiger partial charge in [0.25, 0.3) is 6.71 Å². The van der Waals surface area contributed by atoms with Crippen LogP contribution in [0.5, 0.6) is 0 Å². The summed E-state index contributed by atoms with van der Waals surface area (Å²) in [5.41, 5.74) is 23.9. The summed E-state index contributed by atoms with van der Waals surface area (Å²) in [7, 11) is -1.77. The van der Waals surface area contributed by atoms with E-state index in [1.807, 2.05) is 0 Å². The minimum absolute atomic E-state index is 0.00181. The summed E-state index contributed by atoms with van der Waals surface area (Å²) in [6.07, 6.45) is 7.06. The van der Waals surface area contributed by atoms with Crippen molar-refractivity contribution < 1.29 is 0 Å². The van der Waals surface area contributed by atoms with Gasteiger partial charge in [0.2, 0.25) is 0 Å². The van der Waals surface area contributed by atoms with Crippen LogP contribution in [-0.4, -0.2) is 20.3 Å². The van der Waals surface area contributed by atoms with Gasteiger partial charge in [-0.15, -0.1) is 0 Å². The summed E-state index contributed by atoms with van der Waals surface area (Å²) >= 11 is 0. The molecule has 6 aliphatic rings. The van der Waals surface area contributed by atoms with Gasteiger partial charge in [-0.2, -0.15) is 0 Å². The molecule has 0 N–H and O–H groups in total. The molecule has 0 aromatic heterocycles. The number of para-hydroxylation sites is 1. The first kappa shape index (κ1) is 42.3. The smallest absolute Gasteiger partial charge is 0.252 e. The summed E-state index contributed by atoms with van der Waals surface area (Å²) < 4.78 is 0.